The van der Waals surface area contributed by atoms with E-state index in [9.17, 15) is 9.59 Å². The summed E-state index contributed by atoms with van der Waals surface area (Å²) in [6.07, 6.45) is -0.0586. The number of carbonyl (C=O) groups excluding carboxylic acids is 2. The zero-order valence-corrected chi connectivity index (χ0v) is 9.53. The number of amides is 2. The summed E-state index contributed by atoms with van der Waals surface area (Å²) in [4.78, 5) is 21.9. The number of hydrogen-bond donors (Lipinski definition) is 2. The lowest BCUT2D eigenvalue weighted by atomic mass is 9.95. The van der Waals surface area contributed by atoms with E-state index in [4.69, 9.17) is 11.5 Å². The molecule has 0 heterocycles. The molecule has 4 N–H and O–H groups in total. The predicted octanol–water partition coefficient (Wildman–Crippen LogP) is 0.893. The molecule has 1 atom stereocenters. The fraction of sp³-hybridized carbons (Fsp3) is 0.200. The minimum Gasteiger partial charge on any atom is -0.370 e. The third-order valence-electron chi connectivity index (χ3n) is 2.02. The van der Waals surface area contributed by atoms with Crippen LogP contribution < -0.4 is 11.5 Å². The molecule has 0 fully saturated rings. The van der Waals surface area contributed by atoms with Crippen LogP contribution in [0.1, 0.15) is 17.9 Å². The SMILES string of the molecule is NC(=O)C[C@@H](C(N)=O)c1ccc(Br)cc1. The molecule has 1 aromatic carbocycles. The molecule has 0 saturated heterocycles. The van der Waals surface area contributed by atoms with E-state index in [1.165, 1.54) is 0 Å². The van der Waals surface area contributed by atoms with Crippen molar-refractivity contribution in [2.75, 3.05) is 0 Å². The third-order valence-corrected chi connectivity index (χ3v) is 2.55. The van der Waals surface area contributed by atoms with Crippen molar-refractivity contribution >= 4 is 27.7 Å². The number of carbonyl (C=O) groups is 2. The molecular formula is C10H11BrN2O2. The minimum atomic E-state index is -0.643. The van der Waals surface area contributed by atoms with Crippen molar-refractivity contribution in [2.24, 2.45) is 11.5 Å². The number of benzene rings is 1. The topological polar surface area (TPSA) is 86.2 Å². The van der Waals surface area contributed by atoms with Gasteiger partial charge in [-0.25, -0.2) is 0 Å². The van der Waals surface area contributed by atoms with E-state index < -0.39 is 17.7 Å². The molecule has 0 unspecified atom stereocenters. The van der Waals surface area contributed by atoms with Gasteiger partial charge in [-0.2, -0.15) is 0 Å². The van der Waals surface area contributed by atoms with Crippen molar-refractivity contribution in [3.05, 3.63) is 34.3 Å². The highest BCUT2D eigenvalue weighted by atomic mass is 79.9. The summed E-state index contributed by atoms with van der Waals surface area (Å²) in [6, 6.07) is 7.05. The summed E-state index contributed by atoms with van der Waals surface area (Å²) < 4.78 is 0.897. The van der Waals surface area contributed by atoms with Crippen LogP contribution in [0.3, 0.4) is 0 Å². The van der Waals surface area contributed by atoms with Gasteiger partial charge in [0.2, 0.25) is 11.8 Å². The summed E-state index contributed by atoms with van der Waals surface area (Å²) in [6.45, 7) is 0. The first-order chi connectivity index (χ1) is 7.00. The summed E-state index contributed by atoms with van der Waals surface area (Å²) in [5, 5.41) is 0. The second-order valence-corrected chi connectivity index (χ2v) is 4.09. The van der Waals surface area contributed by atoms with E-state index in [-0.39, 0.29) is 6.42 Å². The average Bonchev–Trinajstić information content (AvgIpc) is 2.15. The normalized spacial score (nSPS) is 12.1. The van der Waals surface area contributed by atoms with Gasteiger partial charge in [-0.05, 0) is 17.7 Å². The molecule has 15 heavy (non-hydrogen) atoms. The number of halogens is 1. The van der Waals surface area contributed by atoms with Gasteiger partial charge in [-0.3, -0.25) is 9.59 Å². The summed E-state index contributed by atoms with van der Waals surface area (Å²) in [5.74, 6) is -1.73. The summed E-state index contributed by atoms with van der Waals surface area (Å²) in [5.41, 5.74) is 10.9. The first-order valence-corrected chi connectivity index (χ1v) is 5.13. The lowest BCUT2D eigenvalue weighted by Gasteiger charge is -2.11. The Morgan fingerprint density at radius 1 is 1.20 bits per heavy atom. The number of nitrogens with two attached hydrogens (primary N) is 2. The number of rotatable bonds is 4. The molecule has 5 heteroatoms. The van der Waals surface area contributed by atoms with Crippen LogP contribution in [0.25, 0.3) is 0 Å². The molecule has 1 rings (SSSR count). The third kappa shape index (κ3) is 3.36. The van der Waals surface area contributed by atoms with Crippen LogP contribution in [-0.4, -0.2) is 11.8 Å². The van der Waals surface area contributed by atoms with Crippen molar-refractivity contribution in [1.82, 2.24) is 0 Å². The van der Waals surface area contributed by atoms with E-state index in [0.717, 1.165) is 4.47 Å². The van der Waals surface area contributed by atoms with Gasteiger partial charge in [0.1, 0.15) is 0 Å². The zero-order valence-electron chi connectivity index (χ0n) is 7.94. The van der Waals surface area contributed by atoms with Crippen LogP contribution in [0.4, 0.5) is 0 Å². The fourth-order valence-electron chi connectivity index (χ4n) is 1.28. The molecule has 4 nitrogen and oxygen atoms in total. The Morgan fingerprint density at radius 2 is 1.73 bits per heavy atom. The van der Waals surface area contributed by atoms with Crippen molar-refractivity contribution in [1.29, 1.82) is 0 Å². The van der Waals surface area contributed by atoms with E-state index in [0.29, 0.717) is 5.56 Å². The number of primary amides is 2. The van der Waals surface area contributed by atoms with Gasteiger partial charge in [0.15, 0.2) is 0 Å². The van der Waals surface area contributed by atoms with Crippen molar-refractivity contribution in [3.8, 4) is 0 Å². The average molecular weight is 271 g/mol. The number of hydrogen-bond acceptors (Lipinski definition) is 2. The highest BCUT2D eigenvalue weighted by Crippen LogP contribution is 2.21. The molecule has 0 aliphatic rings. The maximum Gasteiger partial charge on any atom is 0.225 e. The maximum absolute atomic E-state index is 11.1. The lowest BCUT2D eigenvalue weighted by molar-refractivity contribution is -0.124. The Labute approximate surface area is 95.8 Å². The lowest BCUT2D eigenvalue weighted by Crippen LogP contribution is -2.26. The van der Waals surface area contributed by atoms with Crippen molar-refractivity contribution in [2.45, 2.75) is 12.3 Å². The van der Waals surface area contributed by atoms with Gasteiger partial charge >= 0.3 is 0 Å². The Kier molecular flexibility index (Phi) is 3.85. The summed E-state index contributed by atoms with van der Waals surface area (Å²) in [7, 11) is 0. The molecule has 0 aliphatic heterocycles. The Hall–Kier alpha value is -1.36. The standard InChI is InChI=1S/C10H11BrN2O2/c11-7-3-1-6(2-4-7)8(10(13)15)5-9(12)14/h1-4,8H,5H2,(H2,12,14)(H2,13,15)/t8-/m1/s1. The zero-order chi connectivity index (χ0) is 11.4. The van der Waals surface area contributed by atoms with Gasteiger partial charge in [0, 0.05) is 10.9 Å². The fourth-order valence-corrected chi connectivity index (χ4v) is 1.54. The molecule has 0 aliphatic carbocycles. The van der Waals surface area contributed by atoms with Crippen LogP contribution in [0.2, 0.25) is 0 Å². The van der Waals surface area contributed by atoms with Crippen LogP contribution in [-0.2, 0) is 9.59 Å². The highest BCUT2D eigenvalue weighted by Gasteiger charge is 2.19. The second-order valence-electron chi connectivity index (χ2n) is 3.18. The van der Waals surface area contributed by atoms with Gasteiger partial charge in [0.05, 0.1) is 5.92 Å². The highest BCUT2D eigenvalue weighted by molar-refractivity contribution is 9.10. The van der Waals surface area contributed by atoms with E-state index in [2.05, 4.69) is 15.9 Å². The maximum atomic E-state index is 11.1. The van der Waals surface area contributed by atoms with Crippen LogP contribution in [0.15, 0.2) is 28.7 Å². The first-order valence-electron chi connectivity index (χ1n) is 4.34. The molecule has 0 spiro atoms. The summed E-state index contributed by atoms with van der Waals surface area (Å²) >= 11 is 3.27. The monoisotopic (exact) mass is 270 g/mol. The molecular weight excluding hydrogens is 260 g/mol. The molecule has 0 bridgehead atoms. The minimum absolute atomic E-state index is 0.0586. The van der Waals surface area contributed by atoms with Crippen molar-refractivity contribution < 1.29 is 9.59 Å². The van der Waals surface area contributed by atoms with E-state index in [1.54, 1.807) is 24.3 Å². The molecule has 80 valence electrons. The van der Waals surface area contributed by atoms with Gasteiger partial charge < -0.3 is 11.5 Å². The molecule has 0 saturated carbocycles. The largest absolute Gasteiger partial charge is 0.370 e. The Balaban J connectivity index is 2.94. The van der Waals surface area contributed by atoms with Crippen LogP contribution in [0, 0.1) is 0 Å². The van der Waals surface area contributed by atoms with E-state index in [1.807, 2.05) is 0 Å². The molecule has 0 aromatic heterocycles. The molecule has 0 radical (unpaired) electrons. The molecule has 2 amide bonds. The van der Waals surface area contributed by atoms with Crippen molar-refractivity contribution in [3.63, 3.8) is 0 Å². The van der Waals surface area contributed by atoms with Crippen LogP contribution >= 0.6 is 15.9 Å². The Bertz CT molecular complexity index is 376. The molecule has 1 aromatic rings. The van der Waals surface area contributed by atoms with Crippen LogP contribution in [0.5, 0.6) is 0 Å². The predicted molar refractivity (Wildman–Crippen MR) is 59.9 cm³/mol. The van der Waals surface area contributed by atoms with Gasteiger partial charge in [-0.15, -0.1) is 0 Å². The van der Waals surface area contributed by atoms with Gasteiger partial charge in [0.25, 0.3) is 0 Å². The quantitative estimate of drug-likeness (QED) is 0.852. The van der Waals surface area contributed by atoms with E-state index >= 15 is 0 Å². The smallest absolute Gasteiger partial charge is 0.225 e. The Morgan fingerprint density at radius 3 is 2.13 bits per heavy atom. The van der Waals surface area contributed by atoms with Gasteiger partial charge in [-0.1, -0.05) is 28.1 Å². The first kappa shape index (κ1) is 11.7. The second kappa shape index (κ2) is 4.93.